The fourth-order valence-electron chi connectivity index (χ4n) is 1.84. The van der Waals surface area contributed by atoms with E-state index in [1.165, 1.54) is 11.3 Å². The first kappa shape index (κ1) is 13.7. The molecular formula is C12H16N4O2S. The molecule has 0 atom stereocenters. The number of hydrogen-bond donors (Lipinski definition) is 3. The van der Waals surface area contributed by atoms with Gasteiger partial charge in [0.25, 0.3) is 11.5 Å². The Labute approximate surface area is 114 Å². The van der Waals surface area contributed by atoms with Gasteiger partial charge in [0.15, 0.2) is 0 Å². The van der Waals surface area contributed by atoms with Crippen molar-refractivity contribution >= 4 is 27.5 Å². The largest absolute Gasteiger partial charge is 0.350 e. The molecule has 2 heterocycles. The number of aryl methyl sites for hydroxylation is 2. The molecule has 0 spiro atoms. The number of H-pyrrole nitrogens is 1. The molecule has 0 aromatic carbocycles. The lowest BCUT2D eigenvalue weighted by Crippen LogP contribution is -2.28. The number of nitrogens with one attached hydrogen (secondary N) is 2. The van der Waals surface area contributed by atoms with Crippen LogP contribution in [0.4, 0.5) is 0 Å². The van der Waals surface area contributed by atoms with Gasteiger partial charge >= 0.3 is 0 Å². The second-order valence-electron chi connectivity index (χ2n) is 4.15. The van der Waals surface area contributed by atoms with E-state index in [1.807, 2.05) is 6.92 Å². The maximum atomic E-state index is 12.0. The van der Waals surface area contributed by atoms with Crippen molar-refractivity contribution < 1.29 is 4.79 Å². The third kappa shape index (κ3) is 2.52. The summed E-state index contributed by atoms with van der Waals surface area (Å²) >= 11 is 1.24. The Morgan fingerprint density at radius 1 is 1.53 bits per heavy atom. The van der Waals surface area contributed by atoms with Gasteiger partial charge in [-0.25, -0.2) is 4.98 Å². The summed E-state index contributed by atoms with van der Waals surface area (Å²) in [6.07, 6.45) is 0.650. The van der Waals surface area contributed by atoms with Gasteiger partial charge in [0, 0.05) is 19.5 Å². The van der Waals surface area contributed by atoms with Crippen LogP contribution in [0.3, 0.4) is 0 Å². The summed E-state index contributed by atoms with van der Waals surface area (Å²) in [6.45, 7) is 4.48. The molecule has 19 heavy (non-hydrogen) atoms. The van der Waals surface area contributed by atoms with E-state index < -0.39 is 0 Å². The van der Waals surface area contributed by atoms with Crippen molar-refractivity contribution in [3.63, 3.8) is 0 Å². The van der Waals surface area contributed by atoms with Gasteiger partial charge in [0.1, 0.15) is 10.7 Å². The number of rotatable bonds is 4. The van der Waals surface area contributed by atoms with Crippen LogP contribution in [-0.4, -0.2) is 29.0 Å². The topological polar surface area (TPSA) is 101 Å². The van der Waals surface area contributed by atoms with E-state index in [4.69, 9.17) is 5.73 Å². The summed E-state index contributed by atoms with van der Waals surface area (Å²) in [5.74, 6) is 0.427. The van der Waals surface area contributed by atoms with Crippen molar-refractivity contribution in [3.05, 3.63) is 26.6 Å². The van der Waals surface area contributed by atoms with Crippen LogP contribution < -0.4 is 16.6 Å². The van der Waals surface area contributed by atoms with Gasteiger partial charge < -0.3 is 16.0 Å². The van der Waals surface area contributed by atoms with Crippen molar-refractivity contribution in [1.82, 2.24) is 15.3 Å². The highest BCUT2D eigenvalue weighted by Crippen LogP contribution is 2.26. The average molecular weight is 280 g/mol. The fourth-order valence-corrected chi connectivity index (χ4v) is 2.96. The maximum Gasteiger partial charge on any atom is 0.261 e. The zero-order chi connectivity index (χ0) is 14.0. The molecule has 0 aliphatic heterocycles. The number of carbonyl (C=O) groups excluding carboxylic acids is 1. The summed E-state index contributed by atoms with van der Waals surface area (Å²) in [5, 5.41) is 3.21. The van der Waals surface area contributed by atoms with Gasteiger partial charge in [0.05, 0.1) is 10.3 Å². The fraction of sp³-hybridized carbons (Fsp3) is 0.417. The molecule has 4 N–H and O–H groups in total. The van der Waals surface area contributed by atoms with Crippen molar-refractivity contribution in [2.75, 3.05) is 13.1 Å². The number of hydrogen-bond acceptors (Lipinski definition) is 5. The lowest BCUT2D eigenvalue weighted by molar-refractivity contribution is 0.0958. The monoisotopic (exact) mass is 280 g/mol. The van der Waals surface area contributed by atoms with E-state index in [0.717, 1.165) is 0 Å². The van der Waals surface area contributed by atoms with Crippen LogP contribution in [0.25, 0.3) is 10.2 Å². The summed E-state index contributed by atoms with van der Waals surface area (Å²) < 4.78 is 0. The first-order chi connectivity index (χ1) is 9.08. The lowest BCUT2D eigenvalue weighted by Gasteiger charge is -2.01. The number of nitrogens with zero attached hydrogens (tertiary/aromatic N) is 1. The number of thiophene rings is 1. The smallest absolute Gasteiger partial charge is 0.261 e. The van der Waals surface area contributed by atoms with Crippen LogP contribution in [-0.2, 0) is 6.42 Å². The number of nitrogens with two attached hydrogens (primary N) is 1. The van der Waals surface area contributed by atoms with E-state index in [0.29, 0.717) is 46.0 Å². The molecule has 2 aromatic heterocycles. The molecule has 0 radical (unpaired) electrons. The van der Waals surface area contributed by atoms with Crippen LogP contribution in [0.1, 0.15) is 28.0 Å². The van der Waals surface area contributed by atoms with Crippen LogP contribution >= 0.6 is 11.3 Å². The Hall–Kier alpha value is -1.73. The third-order valence-electron chi connectivity index (χ3n) is 2.82. The van der Waals surface area contributed by atoms with E-state index in [9.17, 15) is 9.59 Å². The molecular weight excluding hydrogens is 264 g/mol. The molecule has 0 saturated carbocycles. The molecule has 2 aromatic rings. The number of amides is 1. The summed E-state index contributed by atoms with van der Waals surface area (Å²) in [4.78, 5) is 32.2. The first-order valence-corrected chi connectivity index (χ1v) is 6.90. The van der Waals surface area contributed by atoms with Gasteiger partial charge in [-0.2, -0.15) is 0 Å². The van der Waals surface area contributed by atoms with E-state index in [1.54, 1.807) is 6.92 Å². The Morgan fingerprint density at radius 2 is 2.26 bits per heavy atom. The predicted octanol–water partition coefficient (Wildman–Crippen LogP) is 0.544. The van der Waals surface area contributed by atoms with Gasteiger partial charge in [-0.1, -0.05) is 6.92 Å². The second-order valence-corrected chi connectivity index (χ2v) is 5.15. The Kier molecular flexibility index (Phi) is 3.96. The normalized spacial score (nSPS) is 10.9. The van der Waals surface area contributed by atoms with Crippen molar-refractivity contribution in [2.45, 2.75) is 20.3 Å². The van der Waals surface area contributed by atoms with Crippen molar-refractivity contribution in [1.29, 1.82) is 0 Å². The van der Waals surface area contributed by atoms with Gasteiger partial charge in [-0.15, -0.1) is 11.3 Å². The SMILES string of the molecule is CCc1nc2sc(C(=O)NCCN)c(C)c2c(=O)[nH]1. The lowest BCUT2D eigenvalue weighted by atomic mass is 10.2. The zero-order valence-electron chi connectivity index (χ0n) is 10.9. The number of fused-ring (bicyclic) bond motifs is 1. The van der Waals surface area contributed by atoms with Crippen LogP contribution in [0.5, 0.6) is 0 Å². The third-order valence-corrected chi connectivity index (χ3v) is 4.01. The van der Waals surface area contributed by atoms with Crippen LogP contribution in [0, 0.1) is 6.92 Å². The Bertz CT molecular complexity index is 674. The molecule has 6 nitrogen and oxygen atoms in total. The Morgan fingerprint density at radius 3 is 2.89 bits per heavy atom. The Balaban J connectivity index is 2.53. The quantitative estimate of drug-likeness (QED) is 0.761. The van der Waals surface area contributed by atoms with E-state index in [-0.39, 0.29) is 11.5 Å². The summed E-state index contributed by atoms with van der Waals surface area (Å²) in [6, 6.07) is 0. The predicted molar refractivity (Wildman–Crippen MR) is 75.7 cm³/mol. The number of aromatic amines is 1. The molecule has 0 aliphatic rings. The highest BCUT2D eigenvalue weighted by Gasteiger charge is 2.18. The minimum Gasteiger partial charge on any atom is -0.350 e. The minimum atomic E-state index is -0.205. The second kappa shape index (κ2) is 5.50. The molecule has 0 fully saturated rings. The van der Waals surface area contributed by atoms with Crippen LogP contribution in [0.2, 0.25) is 0 Å². The molecule has 2 rings (SSSR count). The highest BCUT2D eigenvalue weighted by molar-refractivity contribution is 7.20. The summed E-state index contributed by atoms with van der Waals surface area (Å²) in [5.41, 5.74) is 5.84. The average Bonchev–Trinajstić information content (AvgIpc) is 2.73. The number of carbonyl (C=O) groups is 1. The van der Waals surface area contributed by atoms with Gasteiger partial charge in [-0.05, 0) is 12.5 Å². The molecule has 0 unspecified atom stereocenters. The van der Waals surface area contributed by atoms with Crippen LogP contribution in [0.15, 0.2) is 4.79 Å². The first-order valence-electron chi connectivity index (χ1n) is 6.09. The van der Waals surface area contributed by atoms with Gasteiger partial charge in [-0.3, -0.25) is 9.59 Å². The molecule has 0 aliphatic carbocycles. The minimum absolute atomic E-state index is 0.187. The maximum absolute atomic E-state index is 12.0. The summed E-state index contributed by atoms with van der Waals surface area (Å²) in [7, 11) is 0. The number of aromatic nitrogens is 2. The highest BCUT2D eigenvalue weighted by atomic mass is 32.1. The molecule has 1 amide bonds. The zero-order valence-corrected chi connectivity index (χ0v) is 11.7. The molecule has 102 valence electrons. The van der Waals surface area contributed by atoms with E-state index >= 15 is 0 Å². The standard InChI is InChI=1S/C12H16N4O2S/c1-3-7-15-10(17)8-6(2)9(19-12(8)16-7)11(18)14-5-4-13/h3-5,13H2,1-2H3,(H,14,18)(H,15,16,17). The molecule has 7 heteroatoms. The van der Waals surface area contributed by atoms with Crippen molar-refractivity contribution in [3.8, 4) is 0 Å². The molecule has 0 bridgehead atoms. The van der Waals surface area contributed by atoms with E-state index in [2.05, 4.69) is 15.3 Å². The molecule has 0 saturated heterocycles. The van der Waals surface area contributed by atoms with Crippen molar-refractivity contribution in [2.24, 2.45) is 5.73 Å². The van der Waals surface area contributed by atoms with Gasteiger partial charge in [0.2, 0.25) is 0 Å².